The van der Waals surface area contributed by atoms with Crippen LogP contribution >= 0.6 is 0 Å². The topological polar surface area (TPSA) is 32.7 Å². The van der Waals surface area contributed by atoms with Gasteiger partial charge in [-0.05, 0) is 37.5 Å². The van der Waals surface area contributed by atoms with Crippen LogP contribution in [0.15, 0.2) is 24.3 Å². The van der Waals surface area contributed by atoms with Gasteiger partial charge in [0.2, 0.25) is 0 Å². The fourth-order valence-corrected chi connectivity index (χ4v) is 2.48. The van der Waals surface area contributed by atoms with E-state index < -0.39 is 24.9 Å². The number of methoxy groups -OCH3 is 1. The predicted octanol–water partition coefficient (Wildman–Crippen LogP) is 3.14. The average molecular weight is 303 g/mol. The molecule has 1 fully saturated rings. The molecule has 2 unspecified atom stereocenters. The lowest BCUT2D eigenvalue weighted by molar-refractivity contribution is -0.156. The molecular weight excluding hydrogens is 283 g/mol. The summed E-state index contributed by atoms with van der Waals surface area (Å²) in [5.74, 6) is 0.646. The van der Waals surface area contributed by atoms with E-state index in [0.717, 1.165) is 12.8 Å². The Kier molecular flexibility index (Phi) is 4.78. The monoisotopic (exact) mass is 303 g/mol. The summed E-state index contributed by atoms with van der Waals surface area (Å²) in [6.45, 7) is 0.658. The third kappa shape index (κ3) is 4.35. The quantitative estimate of drug-likeness (QED) is 0.876. The molecule has 0 spiro atoms. The molecule has 1 aliphatic rings. The van der Waals surface area contributed by atoms with E-state index in [1.54, 1.807) is 31.2 Å². The number of nitrogens with zero attached hydrogens (tertiary/aromatic N) is 1. The molecule has 21 heavy (non-hydrogen) atoms. The second kappa shape index (κ2) is 6.23. The van der Waals surface area contributed by atoms with Crippen molar-refractivity contribution < 1.29 is 23.0 Å². The van der Waals surface area contributed by atoms with E-state index in [0.29, 0.717) is 11.3 Å². The molecule has 0 aromatic heterocycles. The van der Waals surface area contributed by atoms with Gasteiger partial charge in [0, 0.05) is 12.1 Å². The third-order valence-corrected chi connectivity index (χ3v) is 3.82. The van der Waals surface area contributed by atoms with Crippen molar-refractivity contribution >= 4 is 0 Å². The van der Waals surface area contributed by atoms with Crippen LogP contribution in [0.3, 0.4) is 0 Å². The number of hydrogen-bond donors (Lipinski definition) is 1. The zero-order valence-electron chi connectivity index (χ0n) is 12.1. The molecule has 1 saturated carbocycles. The van der Waals surface area contributed by atoms with Crippen LogP contribution in [0.1, 0.15) is 31.4 Å². The summed E-state index contributed by atoms with van der Waals surface area (Å²) in [5.41, 5.74) is 0.594. The molecule has 0 heterocycles. The standard InChI is InChI=1S/C15H20F3NO2/c1-10(19(12-5-6-12)9-15(16,17)18)14(20)11-3-7-13(21-2)8-4-11/h3-4,7-8,10,12,14,20H,5-6,9H2,1-2H3. The highest BCUT2D eigenvalue weighted by molar-refractivity contribution is 5.29. The van der Waals surface area contributed by atoms with Gasteiger partial charge < -0.3 is 9.84 Å². The van der Waals surface area contributed by atoms with Crippen LogP contribution < -0.4 is 4.74 Å². The first-order chi connectivity index (χ1) is 9.81. The zero-order chi connectivity index (χ0) is 15.6. The van der Waals surface area contributed by atoms with Gasteiger partial charge in [0.25, 0.3) is 0 Å². The first-order valence-corrected chi connectivity index (χ1v) is 6.96. The van der Waals surface area contributed by atoms with Gasteiger partial charge in [-0.25, -0.2) is 0 Å². The van der Waals surface area contributed by atoms with Crippen molar-refractivity contribution in [3.63, 3.8) is 0 Å². The highest BCUT2D eigenvalue weighted by Crippen LogP contribution is 2.35. The number of hydrogen-bond acceptors (Lipinski definition) is 3. The number of benzene rings is 1. The van der Waals surface area contributed by atoms with Crippen molar-refractivity contribution in [3.05, 3.63) is 29.8 Å². The zero-order valence-corrected chi connectivity index (χ0v) is 12.1. The fraction of sp³-hybridized carbons (Fsp3) is 0.600. The van der Waals surface area contributed by atoms with Gasteiger partial charge in [0.1, 0.15) is 5.75 Å². The van der Waals surface area contributed by atoms with E-state index in [-0.39, 0.29) is 6.04 Å². The number of alkyl halides is 3. The number of rotatable bonds is 6. The van der Waals surface area contributed by atoms with Gasteiger partial charge in [-0.2, -0.15) is 13.2 Å². The molecule has 3 nitrogen and oxygen atoms in total. The Hall–Kier alpha value is -1.27. The molecule has 0 amide bonds. The van der Waals surface area contributed by atoms with Gasteiger partial charge >= 0.3 is 6.18 Å². The smallest absolute Gasteiger partial charge is 0.401 e. The predicted molar refractivity (Wildman–Crippen MR) is 73.2 cm³/mol. The molecule has 0 bridgehead atoms. The lowest BCUT2D eigenvalue weighted by Gasteiger charge is -2.33. The van der Waals surface area contributed by atoms with Crippen molar-refractivity contribution in [1.82, 2.24) is 4.90 Å². The Morgan fingerprint density at radius 2 is 1.86 bits per heavy atom. The van der Waals surface area contributed by atoms with E-state index in [4.69, 9.17) is 4.74 Å². The lowest BCUT2D eigenvalue weighted by atomic mass is 10.0. The molecule has 1 aromatic rings. The normalized spacial score (nSPS) is 18.6. The number of aliphatic hydroxyl groups is 1. The largest absolute Gasteiger partial charge is 0.497 e. The summed E-state index contributed by atoms with van der Waals surface area (Å²) in [6, 6.07) is 6.08. The lowest BCUT2D eigenvalue weighted by Crippen LogP contribution is -2.44. The highest BCUT2D eigenvalue weighted by atomic mass is 19.4. The van der Waals surface area contributed by atoms with Crippen LogP contribution in [0.25, 0.3) is 0 Å². The molecule has 1 N–H and O–H groups in total. The summed E-state index contributed by atoms with van der Waals surface area (Å²) in [5, 5.41) is 10.3. The van der Waals surface area contributed by atoms with Crippen molar-refractivity contribution in [2.75, 3.05) is 13.7 Å². The Morgan fingerprint density at radius 3 is 2.29 bits per heavy atom. The summed E-state index contributed by atoms with van der Waals surface area (Å²) in [7, 11) is 1.53. The summed E-state index contributed by atoms with van der Waals surface area (Å²) in [6.07, 6.45) is -3.69. The molecule has 6 heteroatoms. The van der Waals surface area contributed by atoms with Crippen molar-refractivity contribution in [2.45, 2.75) is 44.1 Å². The third-order valence-electron chi connectivity index (χ3n) is 3.82. The molecule has 2 rings (SSSR count). The minimum Gasteiger partial charge on any atom is -0.497 e. The van der Waals surface area contributed by atoms with E-state index in [1.807, 2.05) is 0 Å². The van der Waals surface area contributed by atoms with Crippen molar-refractivity contribution in [1.29, 1.82) is 0 Å². The van der Waals surface area contributed by atoms with Gasteiger partial charge in [-0.15, -0.1) is 0 Å². The van der Waals surface area contributed by atoms with Crippen LogP contribution in [0.5, 0.6) is 5.75 Å². The van der Waals surface area contributed by atoms with Crippen LogP contribution in [0.2, 0.25) is 0 Å². The molecule has 2 atom stereocenters. The molecule has 0 saturated heterocycles. The van der Waals surface area contributed by atoms with Crippen LogP contribution in [-0.2, 0) is 0 Å². The summed E-state index contributed by atoms with van der Waals surface area (Å²) >= 11 is 0. The molecule has 0 aliphatic heterocycles. The maximum absolute atomic E-state index is 12.7. The van der Waals surface area contributed by atoms with Gasteiger partial charge in [-0.3, -0.25) is 4.90 Å². The van der Waals surface area contributed by atoms with Gasteiger partial charge in [0.05, 0.1) is 19.8 Å². The minimum absolute atomic E-state index is 0.0745. The second-order valence-corrected chi connectivity index (χ2v) is 5.48. The van der Waals surface area contributed by atoms with Crippen LogP contribution in [-0.4, -0.2) is 41.9 Å². The Labute approximate surface area is 122 Å². The summed E-state index contributed by atoms with van der Waals surface area (Å²) in [4.78, 5) is 1.36. The molecule has 118 valence electrons. The fourth-order valence-electron chi connectivity index (χ4n) is 2.48. The number of ether oxygens (including phenoxy) is 1. The Morgan fingerprint density at radius 1 is 1.29 bits per heavy atom. The molecular formula is C15H20F3NO2. The van der Waals surface area contributed by atoms with E-state index >= 15 is 0 Å². The molecule has 1 aromatic carbocycles. The highest BCUT2D eigenvalue weighted by Gasteiger charge is 2.42. The van der Waals surface area contributed by atoms with E-state index in [2.05, 4.69) is 0 Å². The summed E-state index contributed by atoms with van der Waals surface area (Å²) < 4.78 is 43.1. The first kappa shape index (κ1) is 16.1. The minimum atomic E-state index is -4.25. The number of aliphatic hydroxyl groups excluding tert-OH is 1. The van der Waals surface area contributed by atoms with E-state index in [9.17, 15) is 18.3 Å². The second-order valence-electron chi connectivity index (χ2n) is 5.48. The number of halogens is 3. The van der Waals surface area contributed by atoms with Crippen molar-refractivity contribution in [2.24, 2.45) is 0 Å². The van der Waals surface area contributed by atoms with Gasteiger partial charge in [-0.1, -0.05) is 12.1 Å². The Balaban J connectivity index is 2.09. The molecule has 1 aliphatic carbocycles. The maximum atomic E-state index is 12.7. The van der Waals surface area contributed by atoms with Crippen LogP contribution in [0.4, 0.5) is 13.2 Å². The maximum Gasteiger partial charge on any atom is 0.401 e. The van der Waals surface area contributed by atoms with Crippen molar-refractivity contribution in [3.8, 4) is 5.75 Å². The SMILES string of the molecule is COc1ccc(C(O)C(C)N(CC(F)(F)F)C2CC2)cc1. The van der Waals surface area contributed by atoms with E-state index in [1.165, 1.54) is 12.0 Å². The average Bonchev–Trinajstić information content (AvgIpc) is 3.27. The molecule has 0 radical (unpaired) electrons. The Bertz CT molecular complexity index is 457. The first-order valence-electron chi connectivity index (χ1n) is 6.96. The van der Waals surface area contributed by atoms with Gasteiger partial charge in [0.15, 0.2) is 0 Å². The van der Waals surface area contributed by atoms with Crippen LogP contribution in [0, 0.1) is 0 Å².